The summed E-state index contributed by atoms with van der Waals surface area (Å²) >= 11 is 6.07. The van der Waals surface area contributed by atoms with E-state index in [1.54, 1.807) is 28.9 Å². The third-order valence-electron chi connectivity index (χ3n) is 6.72. The van der Waals surface area contributed by atoms with Crippen molar-refractivity contribution in [1.29, 1.82) is 0 Å². The fourth-order valence-corrected chi connectivity index (χ4v) is 4.82. The lowest BCUT2D eigenvalue weighted by Crippen LogP contribution is -2.46. The van der Waals surface area contributed by atoms with Gasteiger partial charge in [0, 0.05) is 43.3 Å². The fourth-order valence-electron chi connectivity index (χ4n) is 4.69. The Labute approximate surface area is 223 Å². The van der Waals surface area contributed by atoms with E-state index in [9.17, 15) is 8.78 Å². The van der Waals surface area contributed by atoms with Crippen LogP contribution < -0.4 is 10.6 Å². The first-order valence-corrected chi connectivity index (χ1v) is 12.6. The molecule has 38 heavy (non-hydrogen) atoms. The van der Waals surface area contributed by atoms with Crippen molar-refractivity contribution < 1.29 is 8.78 Å². The van der Waals surface area contributed by atoms with Crippen LogP contribution in [-0.4, -0.2) is 50.8 Å². The van der Waals surface area contributed by atoms with Crippen molar-refractivity contribution in [3.63, 3.8) is 0 Å². The van der Waals surface area contributed by atoms with Crippen molar-refractivity contribution in [3.8, 4) is 16.9 Å². The molecule has 0 bridgehead atoms. The van der Waals surface area contributed by atoms with E-state index < -0.39 is 0 Å². The van der Waals surface area contributed by atoms with Gasteiger partial charge in [-0.1, -0.05) is 23.7 Å². The summed E-state index contributed by atoms with van der Waals surface area (Å²) in [6.45, 7) is 3.76. The van der Waals surface area contributed by atoms with Crippen LogP contribution in [0.2, 0.25) is 5.02 Å². The number of piperazine rings is 1. The van der Waals surface area contributed by atoms with E-state index in [0.717, 1.165) is 36.4 Å². The van der Waals surface area contributed by atoms with Gasteiger partial charge in [0.25, 0.3) is 0 Å². The first-order chi connectivity index (χ1) is 18.4. The molecule has 2 aromatic heterocycles. The standard InChI is InChI=1S/C28H24ClF2N7/c29-20-5-11-23(12-6-20)38-26(32)24-25(19-3-9-22(31)10-4-19)33-28(34-27(24)35-38)37-15-13-36(14-16-37)17-18-1-7-21(30)8-2-18/h1-12H,13-17,32H2. The molecule has 3 heterocycles. The summed E-state index contributed by atoms with van der Waals surface area (Å²) in [4.78, 5) is 14.1. The topological polar surface area (TPSA) is 76.1 Å². The van der Waals surface area contributed by atoms with Gasteiger partial charge in [0.2, 0.25) is 5.95 Å². The van der Waals surface area contributed by atoms with Gasteiger partial charge in [-0.05, 0) is 66.2 Å². The second-order valence-corrected chi connectivity index (χ2v) is 9.68. The number of halogens is 3. The van der Waals surface area contributed by atoms with Crippen molar-refractivity contribution in [3.05, 3.63) is 95.0 Å². The maximum atomic E-state index is 13.7. The molecular weight excluding hydrogens is 508 g/mol. The minimum atomic E-state index is -0.332. The molecular formula is C28H24ClF2N7. The molecule has 1 saturated heterocycles. The predicted octanol–water partition coefficient (Wildman–Crippen LogP) is 5.32. The van der Waals surface area contributed by atoms with Gasteiger partial charge in [-0.3, -0.25) is 4.90 Å². The second kappa shape index (κ2) is 10.00. The van der Waals surface area contributed by atoms with Crippen LogP contribution in [0.15, 0.2) is 72.8 Å². The van der Waals surface area contributed by atoms with Crippen molar-refractivity contribution in [2.45, 2.75) is 6.54 Å². The van der Waals surface area contributed by atoms with Crippen LogP contribution in [0.1, 0.15) is 5.56 Å². The van der Waals surface area contributed by atoms with Gasteiger partial charge in [-0.25, -0.2) is 18.4 Å². The van der Waals surface area contributed by atoms with Crippen LogP contribution in [0, 0.1) is 11.6 Å². The van der Waals surface area contributed by atoms with E-state index in [4.69, 9.17) is 32.4 Å². The first-order valence-electron chi connectivity index (χ1n) is 12.2. The monoisotopic (exact) mass is 531 g/mol. The summed E-state index contributed by atoms with van der Waals surface area (Å²) in [5.74, 6) is 0.361. The molecule has 0 saturated carbocycles. The molecule has 3 aromatic carbocycles. The van der Waals surface area contributed by atoms with E-state index in [2.05, 4.69) is 9.80 Å². The summed E-state index contributed by atoms with van der Waals surface area (Å²) < 4.78 is 28.6. The minimum Gasteiger partial charge on any atom is -0.383 e. The molecule has 0 spiro atoms. The third-order valence-corrected chi connectivity index (χ3v) is 6.97. The molecule has 0 aliphatic carbocycles. The highest BCUT2D eigenvalue weighted by atomic mass is 35.5. The molecule has 0 unspecified atom stereocenters. The van der Waals surface area contributed by atoms with Crippen molar-refractivity contribution >= 4 is 34.4 Å². The van der Waals surface area contributed by atoms with Gasteiger partial charge in [-0.15, -0.1) is 5.10 Å². The van der Waals surface area contributed by atoms with Crippen LogP contribution in [0.25, 0.3) is 28.0 Å². The largest absolute Gasteiger partial charge is 0.383 e. The predicted molar refractivity (Wildman–Crippen MR) is 145 cm³/mol. The SMILES string of the molecule is Nc1c2c(-c3ccc(F)cc3)nc(N3CCN(Cc4ccc(F)cc4)CC3)nc2nn1-c1ccc(Cl)cc1. The van der Waals surface area contributed by atoms with Gasteiger partial charge in [0.05, 0.1) is 16.8 Å². The quantitative estimate of drug-likeness (QED) is 0.331. The molecule has 1 aliphatic heterocycles. The summed E-state index contributed by atoms with van der Waals surface area (Å²) in [5.41, 5.74) is 10.2. The van der Waals surface area contributed by atoms with Crippen LogP contribution in [0.3, 0.4) is 0 Å². The number of nitrogen functional groups attached to an aromatic ring is 1. The Morgan fingerprint density at radius 1 is 0.789 bits per heavy atom. The third kappa shape index (κ3) is 4.78. The Bertz CT molecular complexity index is 1580. The van der Waals surface area contributed by atoms with Crippen LogP contribution >= 0.6 is 11.6 Å². The second-order valence-electron chi connectivity index (χ2n) is 9.24. The van der Waals surface area contributed by atoms with Gasteiger partial charge in [0.15, 0.2) is 5.65 Å². The minimum absolute atomic E-state index is 0.234. The van der Waals surface area contributed by atoms with Gasteiger partial charge in [-0.2, -0.15) is 4.98 Å². The van der Waals surface area contributed by atoms with E-state index in [1.807, 2.05) is 24.3 Å². The molecule has 0 radical (unpaired) electrons. The number of anilines is 2. The molecule has 5 aromatic rings. The number of nitrogens with zero attached hydrogens (tertiary/aromatic N) is 6. The Morgan fingerprint density at radius 3 is 2.08 bits per heavy atom. The highest BCUT2D eigenvalue weighted by molar-refractivity contribution is 6.30. The van der Waals surface area contributed by atoms with Crippen LogP contribution in [0.4, 0.5) is 20.5 Å². The maximum absolute atomic E-state index is 13.7. The molecule has 0 amide bonds. The Kier molecular flexibility index (Phi) is 6.39. The highest BCUT2D eigenvalue weighted by Crippen LogP contribution is 2.34. The Morgan fingerprint density at radius 2 is 1.42 bits per heavy atom. The summed E-state index contributed by atoms with van der Waals surface area (Å²) in [6.07, 6.45) is 0. The average Bonchev–Trinajstić information content (AvgIpc) is 3.27. The van der Waals surface area contributed by atoms with Gasteiger partial charge >= 0.3 is 0 Å². The number of aromatic nitrogens is 4. The van der Waals surface area contributed by atoms with Crippen LogP contribution in [-0.2, 0) is 6.54 Å². The molecule has 2 N–H and O–H groups in total. The normalized spacial score (nSPS) is 14.3. The fraction of sp³-hybridized carbons (Fsp3) is 0.179. The summed E-state index contributed by atoms with van der Waals surface area (Å²) in [7, 11) is 0. The number of nitrogens with two attached hydrogens (primary N) is 1. The number of hydrogen-bond donors (Lipinski definition) is 1. The molecule has 192 valence electrons. The molecule has 0 atom stereocenters. The van der Waals surface area contributed by atoms with Crippen molar-refractivity contribution in [2.24, 2.45) is 0 Å². The Balaban J connectivity index is 1.34. The molecule has 10 heteroatoms. The zero-order chi connectivity index (χ0) is 26.2. The molecule has 6 rings (SSSR count). The lowest BCUT2D eigenvalue weighted by molar-refractivity contribution is 0.248. The average molecular weight is 532 g/mol. The number of hydrogen-bond acceptors (Lipinski definition) is 6. The van der Waals surface area contributed by atoms with E-state index in [1.165, 1.54) is 24.3 Å². The number of rotatable bonds is 5. The van der Waals surface area contributed by atoms with Crippen LogP contribution in [0.5, 0.6) is 0 Å². The molecule has 7 nitrogen and oxygen atoms in total. The number of benzene rings is 3. The van der Waals surface area contributed by atoms with Gasteiger partial charge in [0.1, 0.15) is 17.5 Å². The summed E-state index contributed by atoms with van der Waals surface area (Å²) in [6, 6.07) is 20.0. The zero-order valence-corrected chi connectivity index (χ0v) is 21.1. The lowest BCUT2D eigenvalue weighted by atomic mass is 10.1. The highest BCUT2D eigenvalue weighted by Gasteiger charge is 2.24. The Hall–Kier alpha value is -4.08. The first kappa shape index (κ1) is 24.3. The van der Waals surface area contributed by atoms with Crippen molar-refractivity contribution in [2.75, 3.05) is 36.8 Å². The summed E-state index contributed by atoms with van der Waals surface area (Å²) in [5, 5.41) is 5.92. The van der Waals surface area contributed by atoms with E-state index >= 15 is 0 Å². The van der Waals surface area contributed by atoms with Gasteiger partial charge < -0.3 is 10.6 Å². The van der Waals surface area contributed by atoms with Crippen molar-refractivity contribution in [1.82, 2.24) is 24.6 Å². The van der Waals surface area contributed by atoms with E-state index in [-0.39, 0.29) is 11.6 Å². The smallest absolute Gasteiger partial charge is 0.228 e. The number of fused-ring (bicyclic) bond motifs is 1. The zero-order valence-electron chi connectivity index (χ0n) is 20.4. The molecule has 1 aliphatic rings. The maximum Gasteiger partial charge on any atom is 0.228 e. The lowest BCUT2D eigenvalue weighted by Gasteiger charge is -2.34. The van der Waals surface area contributed by atoms with E-state index in [0.29, 0.717) is 46.6 Å². The molecule has 1 fully saturated rings.